The predicted octanol–water partition coefficient (Wildman–Crippen LogP) is 1.33. The van der Waals surface area contributed by atoms with E-state index in [4.69, 9.17) is 0 Å². The first-order valence-electron chi connectivity index (χ1n) is 4.87. The molecule has 5 fully saturated rings. The fraction of sp³-hybridized carbons (Fsp3) is 0.900. The van der Waals surface area contributed by atoms with Crippen LogP contribution in [-0.2, 0) is 4.79 Å². The van der Waals surface area contributed by atoms with E-state index in [0.29, 0.717) is 5.92 Å². The van der Waals surface area contributed by atoms with Gasteiger partial charge in [-0.3, -0.25) is 0 Å². The monoisotopic (exact) mass is 148 g/mol. The molecule has 5 aliphatic carbocycles. The van der Waals surface area contributed by atoms with Crippen molar-refractivity contribution in [1.82, 2.24) is 0 Å². The van der Waals surface area contributed by atoms with Crippen molar-refractivity contribution in [1.29, 1.82) is 0 Å². The maximum Gasteiger partial charge on any atom is 0.123 e. The van der Waals surface area contributed by atoms with Crippen LogP contribution in [0.15, 0.2) is 0 Å². The van der Waals surface area contributed by atoms with Gasteiger partial charge >= 0.3 is 0 Å². The molecule has 58 valence electrons. The van der Waals surface area contributed by atoms with Crippen molar-refractivity contribution >= 4 is 6.29 Å². The van der Waals surface area contributed by atoms with Crippen LogP contribution in [0.1, 0.15) is 12.8 Å². The lowest BCUT2D eigenvalue weighted by molar-refractivity contribution is -0.112. The number of hydrogen-bond acceptors (Lipinski definition) is 1. The zero-order valence-corrected chi connectivity index (χ0v) is 6.44. The third-order valence-electron chi connectivity index (χ3n) is 5.03. The van der Waals surface area contributed by atoms with E-state index in [1.54, 1.807) is 0 Å². The minimum atomic E-state index is 0.485. The van der Waals surface area contributed by atoms with Gasteiger partial charge in [0.2, 0.25) is 0 Å². The molecule has 1 heteroatoms. The van der Waals surface area contributed by atoms with Crippen molar-refractivity contribution in [3.63, 3.8) is 0 Å². The summed E-state index contributed by atoms with van der Waals surface area (Å²) in [6.07, 6.45) is 4.00. The average molecular weight is 148 g/mol. The summed E-state index contributed by atoms with van der Waals surface area (Å²) >= 11 is 0. The highest BCUT2D eigenvalue weighted by Crippen LogP contribution is 2.81. The third-order valence-corrected chi connectivity index (χ3v) is 5.03. The molecule has 0 heterocycles. The highest BCUT2D eigenvalue weighted by atomic mass is 16.1. The number of aldehydes is 1. The zero-order chi connectivity index (χ0) is 7.16. The maximum atomic E-state index is 10.7. The first-order valence-corrected chi connectivity index (χ1v) is 4.87. The molecular formula is C10H12O. The molecule has 0 aromatic rings. The lowest BCUT2D eigenvalue weighted by Gasteiger charge is -2.14. The Morgan fingerprint density at radius 2 is 1.73 bits per heavy atom. The Balaban J connectivity index is 1.85. The topological polar surface area (TPSA) is 17.1 Å². The Bertz CT molecular complexity index is 247. The smallest absolute Gasteiger partial charge is 0.123 e. The lowest BCUT2D eigenvalue weighted by atomic mass is 9.90. The van der Waals surface area contributed by atoms with Gasteiger partial charge in [0, 0.05) is 5.92 Å². The Morgan fingerprint density at radius 3 is 2.27 bits per heavy atom. The van der Waals surface area contributed by atoms with Crippen LogP contribution in [0.4, 0.5) is 0 Å². The summed E-state index contributed by atoms with van der Waals surface area (Å²) < 4.78 is 0. The average Bonchev–Trinajstić information content (AvgIpc) is 2.41. The molecular weight excluding hydrogens is 136 g/mol. The van der Waals surface area contributed by atoms with Gasteiger partial charge in [-0.15, -0.1) is 0 Å². The molecule has 0 saturated heterocycles. The minimum Gasteiger partial charge on any atom is -0.303 e. The summed E-state index contributed by atoms with van der Waals surface area (Å²) in [4.78, 5) is 10.7. The Kier molecular flexibility index (Phi) is 0.630. The standard InChI is InChI=1S/C10H12O/c11-3-4-1-5-6-2-7-9(5)10(7)8(4)6/h3-10H,1-2H2/t4-,5+,6+,7-,8-,9+,10+/m1/s1. The summed E-state index contributed by atoms with van der Waals surface area (Å²) in [6, 6.07) is 0. The molecule has 6 bridgehead atoms. The normalized spacial score (nSPS) is 74.0. The van der Waals surface area contributed by atoms with Crippen LogP contribution in [0, 0.1) is 41.4 Å². The van der Waals surface area contributed by atoms with Gasteiger partial charge in [-0.25, -0.2) is 0 Å². The van der Waals surface area contributed by atoms with Crippen LogP contribution in [0.2, 0.25) is 0 Å². The molecule has 0 N–H and O–H groups in total. The molecule has 0 spiro atoms. The summed E-state index contributed by atoms with van der Waals surface area (Å²) in [5, 5.41) is 0. The molecule has 0 aromatic heterocycles. The van der Waals surface area contributed by atoms with Crippen LogP contribution in [0.25, 0.3) is 0 Å². The van der Waals surface area contributed by atoms with E-state index in [0.717, 1.165) is 35.5 Å². The second kappa shape index (κ2) is 1.30. The Labute approximate surface area is 66.2 Å². The molecule has 11 heavy (non-hydrogen) atoms. The fourth-order valence-electron chi connectivity index (χ4n) is 4.94. The number of hydrogen-bond donors (Lipinski definition) is 0. The molecule has 5 rings (SSSR count). The van der Waals surface area contributed by atoms with Crippen LogP contribution < -0.4 is 0 Å². The van der Waals surface area contributed by atoms with E-state index >= 15 is 0 Å². The molecule has 0 unspecified atom stereocenters. The van der Waals surface area contributed by atoms with E-state index in [1.807, 2.05) is 0 Å². The molecule has 5 aliphatic rings. The molecule has 0 radical (unpaired) electrons. The number of carbonyl (C=O) groups is 1. The van der Waals surface area contributed by atoms with E-state index in [9.17, 15) is 4.79 Å². The zero-order valence-electron chi connectivity index (χ0n) is 6.44. The van der Waals surface area contributed by atoms with Crippen LogP contribution in [0.5, 0.6) is 0 Å². The van der Waals surface area contributed by atoms with Crippen molar-refractivity contribution in [2.75, 3.05) is 0 Å². The summed E-state index contributed by atoms with van der Waals surface area (Å²) in [5.41, 5.74) is 0. The van der Waals surface area contributed by atoms with Crippen molar-refractivity contribution in [3.8, 4) is 0 Å². The quantitative estimate of drug-likeness (QED) is 0.513. The van der Waals surface area contributed by atoms with Gasteiger partial charge < -0.3 is 4.79 Å². The number of carbonyl (C=O) groups excluding carboxylic acids is 1. The largest absolute Gasteiger partial charge is 0.303 e. The summed E-state index contributed by atoms with van der Waals surface area (Å²) in [6.45, 7) is 0. The highest BCUT2D eigenvalue weighted by Gasteiger charge is 2.77. The van der Waals surface area contributed by atoms with E-state index in [-0.39, 0.29) is 0 Å². The van der Waals surface area contributed by atoms with Crippen molar-refractivity contribution < 1.29 is 4.79 Å². The summed E-state index contributed by atoms with van der Waals surface area (Å²) in [5.74, 6) is 6.61. The van der Waals surface area contributed by atoms with Gasteiger partial charge in [0.15, 0.2) is 0 Å². The summed E-state index contributed by atoms with van der Waals surface area (Å²) in [7, 11) is 0. The van der Waals surface area contributed by atoms with Crippen LogP contribution in [-0.4, -0.2) is 6.29 Å². The first kappa shape index (κ1) is 5.34. The fourth-order valence-corrected chi connectivity index (χ4v) is 4.94. The molecule has 0 amide bonds. The Hall–Kier alpha value is -0.330. The third kappa shape index (κ3) is 0.361. The molecule has 5 saturated carbocycles. The van der Waals surface area contributed by atoms with Gasteiger partial charge in [-0.05, 0) is 48.3 Å². The van der Waals surface area contributed by atoms with Gasteiger partial charge in [0.1, 0.15) is 6.29 Å². The molecule has 7 atom stereocenters. The first-order chi connectivity index (χ1) is 5.42. The van der Waals surface area contributed by atoms with E-state index in [2.05, 4.69) is 0 Å². The minimum absolute atomic E-state index is 0.485. The van der Waals surface area contributed by atoms with Gasteiger partial charge in [0.05, 0.1) is 0 Å². The van der Waals surface area contributed by atoms with Crippen LogP contribution >= 0.6 is 0 Å². The molecule has 0 aromatic carbocycles. The van der Waals surface area contributed by atoms with E-state index in [1.165, 1.54) is 19.1 Å². The van der Waals surface area contributed by atoms with Crippen molar-refractivity contribution in [3.05, 3.63) is 0 Å². The van der Waals surface area contributed by atoms with E-state index < -0.39 is 0 Å². The second-order valence-corrected chi connectivity index (χ2v) is 4.99. The van der Waals surface area contributed by atoms with Gasteiger partial charge in [-0.2, -0.15) is 0 Å². The Morgan fingerprint density at radius 1 is 0.909 bits per heavy atom. The predicted molar refractivity (Wildman–Crippen MR) is 39.7 cm³/mol. The SMILES string of the molecule is O=C[C@H]1C[C@H]2[C@@H]3C[C@@H]4[C@H]2[C@@H]4[C@@H]31. The maximum absolute atomic E-state index is 10.7. The highest BCUT2D eigenvalue weighted by molar-refractivity contribution is 5.57. The van der Waals surface area contributed by atoms with Crippen molar-refractivity contribution in [2.24, 2.45) is 41.4 Å². The van der Waals surface area contributed by atoms with Gasteiger partial charge in [0.25, 0.3) is 0 Å². The lowest BCUT2D eigenvalue weighted by Crippen LogP contribution is -2.14. The number of rotatable bonds is 1. The molecule has 0 aliphatic heterocycles. The van der Waals surface area contributed by atoms with Crippen molar-refractivity contribution in [2.45, 2.75) is 12.8 Å². The van der Waals surface area contributed by atoms with Gasteiger partial charge in [-0.1, -0.05) is 0 Å². The van der Waals surface area contributed by atoms with Crippen LogP contribution in [0.3, 0.4) is 0 Å². The second-order valence-electron chi connectivity index (χ2n) is 4.99. The molecule has 1 nitrogen and oxygen atoms in total.